The number of rotatable bonds is 0. The van der Waals surface area contributed by atoms with Crippen molar-refractivity contribution in [2.24, 2.45) is 0 Å². The van der Waals surface area contributed by atoms with Crippen LogP contribution in [0.2, 0.25) is 0 Å². The largest absolute Gasteiger partial charge is 0.383 e. The highest BCUT2D eigenvalue weighted by Gasteiger charge is 2.33. The fraction of sp³-hybridized carbons (Fsp3) is 0.600. The number of aryl methyl sites for hydroxylation is 1. The number of fused-ring (bicyclic) bond motifs is 1. The van der Waals surface area contributed by atoms with E-state index in [1.807, 2.05) is 0 Å². The number of anilines is 2. The second-order valence-electron chi connectivity index (χ2n) is 5.69. The summed E-state index contributed by atoms with van der Waals surface area (Å²) >= 11 is 0. The van der Waals surface area contributed by atoms with E-state index >= 15 is 0 Å². The molecular weight excluding hydrogens is 208 g/mol. The van der Waals surface area contributed by atoms with Gasteiger partial charge in [0.25, 0.3) is 0 Å². The van der Waals surface area contributed by atoms with Gasteiger partial charge >= 0.3 is 0 Å². The molecule has 0 amide bonds. The van der Waals surface area contributed by atoms with E-state index in [9.17, 15) is 0 Å². The Morgan fingerprint density at radius 3 is 2.65 bits per heavy atom. The summed E-state index contributed by atoms with van der Waals surface area (Å²) in [6.45, 7) is 3.27. The summed E-state index contributed by atoms with van der Waals surface area (Å²) in [7, 11) is 0. The minimum Gasteiger partial charge on any atom is -0.383 e. The maximum Gasteiger partial charge on any atom is 0.0582 e. The zero-order valence-corrected chi connectivity index (χ0v) is 10.7. The van der Waals surface area contributed by atoms with Gasteiger partial charge in [-0.3, -0.25) is 0 Å². The smallest absolute Gasteiger partial charge is 0.0582 e. The van der Waals surface area contributed by atoms with Gasteiger partial charge in [0.05, 0.1) is 11.4 Å². The van der Waals surface area contributed by atoms with Crippen LogP contribution in [0.15, 0.2) is 18.2 Å². The lowest BCUT2D eigenvalue weighted by molar-refractivity contribution is 0.313. The third-order valence-corrected chi connectivity index (χ3v) is 4.30. The Balaban J connectivity index is 1.92. The normalized spacial score (nSPS) is 22.2. The van der Waals surface area contributed by atoms with Crippen LogP contribution in [0.1, 0.15) is 44.1 Å². The van der Waals surface area contributed by atoms with Crippen molar-refractivity contribution in [3.8, 4) is 0 Å². The monoisotopic (exact) mass is 230 g/mol. The molecule has 92 valence electrons. The predicted octanol–water partition coefficient (Wildman–Crippen LogP) is 3.93. The van der Waals surface area contributed by atoms with Crippen molar-refractivity contribution in [1.82, 2.24) is 0 Å². The molecule has 1 heterocycles. The standard InChI is InChI=1S/C15H22N2/c1-12-5-6-13-14(11-12)17-15(9-10-16-13)7-3-2-4-8-15/h5-6,11,16-17H,2-4,7-10H2,1H3. The molecule has 1 aliphatic carbocycles. The lowest BCUT2D eigenvalue weighted by Gasteiger charge is -2.38. The first kappa shape index (κ1) is 10.9. The third kappa shape index (κ3) is 2.13. The van der Waals surface area contributed by atoms with Gasteiger partial charge in [-0.05, 0) is 43.9 Å². The summed E-state index contributed by atoms with van der Waals surface area (Å²) in [4.78, 5) is 0. The van der Waals surface area contributed by atoms with Crippen LogP contribution in [0, 0.1) is 6.92 Å². The summed E-state index contributed by atoms with van der Waals surface area (Å²) in [5.41, 5.74) is 4.29. The maximum atomic E-state index is 3.85. The van der Waals surface area contributed by atoms with Crippen LogP contribution in [0.25, 0.3) is 0 Å². The molecule has 1 saturated carbocycles. The molecule has 0 saturated heterocycles. The topological polar surface area (TPSA) is 24.1 Å². The molecule has 1 aromatic carbocycles. The highest BCUT2D eigenvalue weighted by atomic mass is 15.1. The first-order chi connectivity index (χ1) is 8.27. The molecular formula is C15H22N2. The van der Waals surface area contributed by atoms with Gasteiger partial charge in [0.2, 0.25) is 0 Å². The van der Waals surface area contributed by atoms with E-state index in [0.717, 1.165) is 6.54 Å². The minimum atomic E-state index is 0.365. The van der Waals surface area contributed by atoms with Crippen molar-refractivity contribution in [3.05, 3.63) is 23.8 Å². The molecule has 1 fully saturated rings. The molecule has 1 spiro atoms. The van der Waals surface area contributed by atoms with E-state index in [1.54, 1.807) is 0 Å². The van der Waals surface area contributed by atoms with Gasteiger partial charge in [0, 0.05) is 12.1 Å². The molecule has 3 rings (SSSR count). The second-order valence-corrected chi connectivity index (χ2v) is 5.69. The fourth-order valence-electron chi connectivity index (χ4n) is 3.30. The number of hydrogen-bond donors (Lipinski definition) is 2. The zero-order chi connectivity index (χ0) is 11.7. The van der Waals surface area contributed by atoms with E-state index in [4.69, 9.17) is 0 Å². The fourth-order valence-corrected chi connectivity index (χ4v) is 3.30. The summed E-state index contributed by atoms with van der Waals surface area (Å²) in [5, 5.41) is 7.41. The van der Waals surface area contributed by atoms with Crippen molar-refractivity contribution in [3.63, 3.8) is 0 Å². The Morgan fingerprint density at radius 2 is 1.82 bits per heavy atom. The lowest BCUT2D eigenvalue weighted by Crippen LogP contribution is -2.40. The van der Waals surface area contributed by atoms with Gasteiger partial charge in [-0.15, -0.1) is 0 Å². The van der Waals surface area contributed by atoms with Crippen LogP contribution in [0.3, 0.4) is 0 Å². The van der Waals surface area contributed by atoms with Crippen molar-refractivity contribution >= 4 is 11.4 Å². The molecule has 1 aliphatic heterocycles. The van der Waals surface area contributed by atoms with E-state index in [2.05, 4.69) is 35.8 Å². The maximum absolute atomic E-state index is 3.85. The predicted molar refractivity (Wildman–Crippen MR) is 73.7 cm³/mol. The number of hydrogen-bond acceptors (Lipinski definition) is 2. The summed E-state index contributed by atoms with van der Waals surface area (Å²) in [5.74, 6) is 0. The molecule has 2 nitrogen and oxygen atoms in total. The van der Waals surface area contributed by atoms with E-state index in [0.29, 0.717) is 5.54 Å². The molecule has 2 aliphatic rings. The van der Waals surface area contributed by atoms with Crippen LogP contribution in [0.4, 0.5) is 11.4 Å². The Kier molecular flexibility index (Phi) is 2.73. The molecule has 2 N–H and O–H groups in total. The molecule has 0 radical (unpaired) electrons. The third-order valence-electron chi connectivity index (χ3n) is 4.30. The van der Waals surface area contributed by atoms with E-state index in [1.165, 1.54) is 55.5 Å². The lowest BCUT2D eigenvalue weighted by atomic mass is 9.79. The molecule has 0 aromatic heterocycles. The van der Waals surface area contributed by atoms with Crippen molar-refractivity contribution in [2.75, 3.05) is 17.2 Å². The highest BCUT2D eigenvalue weighted by Crippen LogP contribution is 2.38. The van der Waals surface area contributed by atoms with Crippen molar-refractivity contribution < 1.29 is 0 Å². The average molecular weight is 230 g/mol. The Hall–Kier alpha value is -1.18. The average Bonchev–Trinajstić information content (AvgIpc) is 2.49. The molecule has 1 aromatic rings. The van der Waals surface area contributed by atoms with Gasteiger partial charge in [-0.25, -0.2) is 0 Å². The summed E-state index contributed by atoms with van der Waals surface area (Å²) in [6, 6.07) is 6.68. The Labute approximate surface area is 104 Å². The van der Waals surface area contributed by atoms with Gasteiger partial charge in [-0.1, -0.05) is 25.3 Å². The van der Waals surface area contributed by atoms with Crippen LogP contribution in [0.5, 0.6) is 0 Å². The van der Waals surface area contributed by atoms with Crippen molar-refractivity contribution in [2.45, 2.75) is 51.0 Å². The van der Waals surface area contributed by atoms with E-state index in [-0.39, 0.29) is 0 Å². The SMILES string of the molecule is Cc1ccc2c(c1)NC1(CCCCC1)CCN2. The van der Waals surface area contributed by atoms with E-state index < -0.39 is 0 Å². The Morgan fingerprint density at radius 1 is 1.00 bits per heavy atom. The summed E-state index contributed by atoms with van der Waals surface area (Å²) in [6.07, 6.45) is 8.10. The molecule has 17 heavy (non-hydrogen) atoms. The van der Waals surface area contributed by atoms with Crippen LogP contribution < -0.4 is 10.6 Å². The van der Waals surface area contributed by atoms with Crippen LogP contribution in [-0.2, 0) is 0 Å². The minimum absolute atomic E-state index is 0.365. The van der Waals surface area contributed by atoms with Crippen LogP contribution in [-0.4, -0.2) is 12.1 Å². The number of benzene rings is 1. The zero-order valence-electron chi connectivity index (χ0n) is 10.7. The molecule has 0 bridgehead atoms. The quantitative estimate of drug-likeness (QED) is 0.705. The summed E-state index contributed by atoms with van der Waals surface area (Å²) < 4.78 is 0. The number of nitrogens with one attached hydrogen (secondary N) is 2. The molecule has 2 heteroatoms. The highest BCUT2D eigenvalue weighted by molar-refractivity contribution is 5.71. The van der Waals surface area contributed by atoms with Gasteiger partial charge in [0.15, 0.2) is 0 Å². The first-order valence-corrected chi connectivity index (χ1v) is 6.90. The first-order valence-electron chi connectivity index (χ1n) is 6.90. The second kappa shape index (κ2) is 4.25. The van der Waals surface area contributed by atoms with Crippen LogP contribution >= 0.6 is 0 Å². The molecule has 0 unspecified atom stereocenters. The van der Waals surface area contributed by atoms with Gasteiger partial charge in [-0.2, -0.15) is 0 Å². The molecule has 0 atom stereocenters. The van der Waals surface area contributed by atoms with Gasteiger partial charge in [0.1, 0.15) is 0 Å². The van der Waals surface area contributed by atoms with Gasteiger partial charge < -0.3 is 10.6 Å². The Bertz CT molecular complexity index is 405. The van der Waals surface area contributed by atoms with Crippen molar-refractivity contribution in [1.29, 1.82) is 0 Å².